The third-order valence-electron chi connectivity index (χ3n) is 12.7. The molecule has 0 radical (unpaired) electrons. The Morgan fingerprint density at radius 2 is 1.37 bits per heavy atom. The molecule has 1 aliphatic heterocycles. The van der Waals surface area contributed by atoms with Gasteiger partial charge in [-0.25, -0.2) is 30.7 Å². The maximum absolute atomic E-state index is 13.5. The van der Waals surface area contributed by atoms with Crippen molar-refractivity contribution in [2.24, 2.45) is 27.4 Å². The van der Waals surface area contributed by atoms with E-state index in [9.17, 15) is 59.5 Å². The fourth-order valence-electron chi connectivity index (χ4n) is 7.78. The Bertz CT molecular complexity index is 1980. The van der Waals surface area contributed by atoms with Gasteiger partial charge in [0.1, 0.15) is 34.0 Å². The molecule has 1 aromatic carbocycles. The van der Waals surface area contributed by atoms with Gasteiger partial charge in [0.05, 0.1) is 42.6 Å². The van der Waals surface area contributed by atoms with Crippen molar-refractivity contribution in [2.75, 3.05) is 19.8 Å². The lowest BCUT2D eigenvalue weighted by Gasteiger charge is -2.42. The van der Waals surface area contributed by atoms with Crippen LogP contribution in [0.3, 0.4) is 0 Å². The van der Waals surface area contributed by atoms with Gasteiger partial charge in [0.2, 0.25) is 12.3 Å². The van der Waals surface area contributed by atoms with Gasteiger partial charge < -0.3 is 30.0 Å². The van der Waals surface area contributed by atoms with Gasteiger partial charge in [0.15, 0.2) is 0 Å². The molecule has 4 fully saturated rings. The van der Waals surface area contributed by atoms with E-state index in [0.717, 1.165) is 12.7 Å². The number of aliphatic carboxylic acids is 1. The largest absolute Gasteiger partial charge is 0.481 e. The summed E-state index contributed by atoms with van der Waals surface area (Å²) in [5.74, 6) is -4.15. The SMILES string of the molecule is CCOC(=O)C1(C(F)F)CCC1.CCOC(=O)C1(C=O)CCC1.NC(=O)c1c(-c2ccc(F)c(Cl)c2)nn2c1CN(C(=O)CC1(C(F)F)CCC1)CC2.O=C(O)C1(C(F)F)CCC1. The summed E-state index contributed by atoms with van der Waals surface area (Å²) in [6.45, 7) is 4.51. The Labute approximate surface area is 364 Å². The number of carboxylic acids is 1. The zero-order valence-corrected chi connectivity index (χ0v) is 35.7. The van der Waals surface area contributed by atoms with Crippen LogP contribution in [0.5, 0.6) is 0 Å². The Kier molecular flexibility index (Phi) is 17.2. The lowest BCUT2D eigenvalue weighted by atomic mass is 9.66. The number of nitrogens with two attached hydrogens (primary N) is 1. The fourth-order valence-corrected chi connectivity index (χ4v) is 7.96. The number of aldehydes is 1. The first-order valence-corrected chi connectivity index (χ1v) is 21.1. The van der Waals surface area contributed by atoms with Crippen LogP contribution in [0.15, 0.2) is 18.2 Å². The summed E-state index contributed by atoms with van der Waals surface area (Å²) in [7, 11) is 0. The number of carboxylic acid groups (broad SMARTS) is 1. The van der Waals surface area contributed by atoms with Crippen molar-refractivity contribution in [3.05, 3.63) is 40.3 Å². The maximum Gasteiger partial charge on any atom is 0.319 e. The zero-order valence-electron chi connectivity index (χ0n) is 34.9. The normalized spacial score (nSPS) is 19.3. The topological polar surface area (TPSA) is 188 Å². The van der Waals surface area contributed by atoms with E-state index in [1.807, 2.05) is 0 Å². The number of hydrogen-bond donors (Lipinski definition) is 2. The number of hydrogen-bond acceptors (Lipinski definition) is 9. The summed E-state index contributed by atoms with van der Waals surface area (Å²) in [5, 5.41) is 12.7. The van der Waals surface area contributed by atoms with Gasteiger partial charge in [-0.1, -0.05) is 37.3 Å². The molecule has 2 amide bonds. The highest BCUT2D eigenvalue weighted by molar-refractivity contribution is 6.31. The molecule has 7 rings (SSSR count). The van der Waals surface area contributed by atoms with Crippen molar-refractivity contribution in [3.63, 3.8) is 0 Å². The number of primary amides is 1. The molecular formula is C42H52ClF7N4O9. The van der Waals surface area contributed by atoms with Crippen molar-refractivity contribution >= 4 is 47.6 Å². The smallest absolute Gasteiger partial charge is 0.319 e. The minimum absolute atomic E-state index is 0.0400. The van der Waals surface area contributed by atoms with Crippen LogP contribution >= 0.6 is 11.6 Å². The number of fused-ring (bicyclic) bond motifs is 1. The molecule has 0 atom stereocenters. The van der Waals surface area contributed by atoms with Crippen LogP contribution in [0, 0.1) is 27.5 Å². The van der Waals surface area contributed by atoms with E-state index in [4.69, 9.17) is 27.2 Å². The van der Waals surface area contributed by atoms with Gasteiger partial charge in [0.25, 0.3) is 18.8 Å². The molecule has 0 saturated heterocycles. The molecule has 2 heterocycles. The first kappa shape index (κ1) is 50.9. The highest BCUT2D eigenvalue weighted by Crippen LogP contribution is 2.50. The van der Waals surface area contributed by atoms with Crippen LogP contribution < -0.4 is 5.73 Å². The molecule has 21 heteroatoms. The highest BCUT2D eigenvalue weighted by atomic mass is 35.5. The van der Waals surface area contributed by atoms with Gasteiger partial charge in [-0.3, -0.25) is 28.7 Å². The number of aromatic nitrogens is 2. The highest BCUT2D eigenvalue weighted by Gasteiger charge is 2.54. The lowest BCUT2D eigenvalue weighted by Crippen LogP contribution is -2.45. The molecule has 2 aromatic rings. The number of nitrogens with zero attached hydrogens (tertiary/aromatic N) is 3. The summed E-state index contributed by atoms with van der Waals surface area (Å²) in [6.07, 6.45) is -1.58. The number of halogens is 8. The number of ether oxygens (including phenoxy) is 2. The van der Waals surface area contributed by atoms with E-state index in [-0.39, 0.29) is 86.5 Å². The van der Waals surface area contributed by atoms with E-state index in [2.05, 4.69) is 9.84 Å². The first-order valence-electron chi connectivity index (χ1n) is 20.7. The number of alkyl halides is 6. The molecule has 5 aliphatic rings. The van der Waals surface area contributed by atoms with Crippen LogP contribution in [0.2, 0.25) is 5.02 Å². The summed E-state index contributed by atoms with van der Waals surface area (Å²) >= 11 is 5.85. The molecule has 0 bridgehead atoms. The van der Waals surface area contributed by atoms with Crippen molar-refractivity contribution in [2.45, 2.75) is 130 Å². The van der Waals surface area contributed by atoms with Crippen molar-refractivity contribution in [1.29, 1.82) is 0 Å². The van der Waals surface area contributed by atoms with Crippen molar-refractivity contribution in [3.8, 4) is 11.3 Å². The molecule has 1 aromatic heterocycles. The van der Waals surface area contributed by atoms with Crippen molar-refractivity contribution in [1.82, 2.24) is 14.7 Å². The fraction of sp³-hybridized carbons (Fsp3) is 0.643. The summed E-state index contributed by atoms with van der Waals surface area (Å²) in [6, 6.07) is 3.95. The summed E-state index contributed by atoms with van der Waals surface area (Å²) in [4.78, 5) is 69.4. The van der Waals surface area contributed by atoms with Crippen molar-refractivity contribution < 1.29 is 74.1 Å². The minimum Gasteiger partial charge on any atom is -0.481 e. The first-order chi connectivity index (χ1) is 29.7. The third-order valence-corrected chi connectivity index (χ3v) is 13.0. The van der Waals surface area contributed by atoms with Crippen LogP contribution in [-0.2, 0) is 46.5 Å². The van der Waals surface area contributed by atoms with Gasteiger partial charge in [-0.05, 0) is 83.4 Å². The molecule has 4 aliphatic carbocycles. The second kappa shape index (κ2) is 21.3. The maximum atomic E-state index is 13.5. The number of carbonyl (C=O) groups excluding carboxylic acids is 5. The predicted octanol–water partition coefficient (Wildman–Crippen LogP) is 8.02. The Morgan fingerprint density at radius 1 is 0.825 bits per heavy atom. The second-order valence-corrected chi connectivity index (χ2v) is 16.8. The molecule has 0 spiro atoms. The summed E-state index contributed by atoms with van der Waals surface area (Å²) in [5.41, 5.74) is 1.62. The van der Waals surface area contributed by atoms with Crippen LogP contribution in [-0.4, -0.2) is 94.8 Å². The number of carbonyl (C=O) groups is 6. The summed E-state index contributed by atoms with van der Waals surface area (Å²) < 4.78 is 100. The molecule has 0 unspecified atom stereocenters. The molecule has 63 heavy (non-hydrogen) atoms. The zero-order chi connectivity index (χ0) is 46.9. The van der Waals surface area contributed by atoms with E-state index >= 15 is 0 Å². The monoisotopic (exact) mass is 924 g/mol. The van der Waals surface area contributed by atoms with E-state index in [1.54, 1.807) is 18.5 Å². The molecule has 4 saturated carbocycles. The van der Waals surface area contributed by atoms with Gasteiger partial charge in [0, 0.05) is 23.9 Å². The quantitative estimate of drug-likeness (QED) is 0.0862. The predicted molar refractivity (Wildman–Crippen MR) is 211 cm³/mol. The van der Waals surface area contributed by atoms with Gasteiger partial charge >= 0.3 is 17.9 Å². The van der Waals surface area contributed by atoms with E-state index in [1.165, 1.54) is 23.1 Å². The standard InChI is InChI=1S/C20H20ClF3N4O2.C8H12F2O2.C8H12O3.C6H8F2O2/c21-12-8-11(2-3-13(12)22)17-16(18(25)30)14-10-27(6-7-28(14)26-17)15(29)9-20(19(23)24)4-1-5-20;1-2-12-7(11)8(6(9)10)4-3-5-8;1-2-11-7(10)8(6-9)4-3-5-8;7-4(8)6(5(9)10)2-1-3-6/h2-3,8,19H,1,4-7,9-10H2,(H2,25,30);6H,2-5H2,1H3;6H,2-5H2,1H3;4H,1-3H2,(H,9,10). The number of amides is 2. The Morgan fingerprint density at radius 3 is 1.73 bits per heavy atom. The lowest BCUT2D eigenvalue weighted by molar-refractivity contribution is -0.176. The number of rotatable bonds is 13. The molecular weight excluding hydrogens is 873 g/mol. The minimum atomic E-state index is -2.71. The second-order valence-electron chi connectivity index (χ2n) is 16.4. The molecule has 3 N–H and O–H groups in total. The molecule has 350 valence electrons. The van der Waals surface area contributed by atoms with Gasteiger partial charge in [-0.2, -0.15) is 5.10 Å². The Hall–Kier alpha value is -4.75. The number of benzene rings is 1. The number of esters is 2. The Balaban J connectivity index is 0.000000216. The van der Waals surface area contributed by atoms with E-state index < -0.39 is 64.6 Å². The third kappa shape index (κ3) is 10.8. The van der Waals surface area contributed by atoms with Crippen LogP contribution in [0.25, 0.3) is 11.3 Å². The van der Waals surface area contributed by atoms with E-state index in [0.29, 0.717) is 62.8 Å². The molecule has 13 nitrogen and oxygen atoms in total. The van der Waals surface area contributed by atoms with Crippen LogP contribution in [0.1, 0.15) is 113 Å². The average molecular weight is 925 g/mol. The van der Waals surface area contributed by atoms with Crippen LogP contribution in [0.4, 0.5) is 30.7 Å². The van der Waals surface area contributed by atoms with Gasteiger partial charge in [-0.15, -0.1) is 0 Å². The average Bonchev–Trinajstić information content (AvgIpc) is 3.53.